The summed E-state index contributed by atoms with van der Waals surface area (Å²) in [6.07, 6.45) is 0.873. The van der Waals surface area contributed by atoms with Crippen molar-refractivity contribution in [3.05, 3.63) is 29.8 Å². The Morgan fingerprint density at radius 3 is 2.94 bits per heavy atom. The van der Waals surface area contributed by atoms with Gasteiger partial charge in [-0.15, -0.1) is 0 Å². The van der Waals surface area contributed by atoms with Crippen LogP contribution in [0.3, 0.4) is 0 Å². The van der Waals surface area contributed by atoms with Crippen LogP contribution < -0.4 is 11.5 Å². The quantitative estimate of drug-likeness (QED) is 0.730. The molecule has 4 N–H and O–H groups in total. The Balaban J connectivity index is 1.94. The predicted molar refractivity (Wildman–Crippen MR) is 63.4 cm³/mol. The number of likely N-dealkylation sites (tertiary alicyclic amines) is 1. The first kappa shape index (κ1) is 11.0. The van der Waals surface area contributed by atoms with Crippen LogP contribution in [0.5, 0.6) is 0 Å². The maximum absolute atomic E-state index is 11.0. The van der Waals surface area contributed by atoms with Crippen molar-refractivity contribution in [3.8, 4) is 0 Å². The van der Waals surface area contributed by atoms with Crippen molar-refractivity contribution < 1.29 is 4.79 Å². The second-order valence-electron chi connectivity index (χ2n) is 4.37. The number of benzene rings is 1. The molecule has 4 heteroatoms. The molecule has 2 rings (SSSR count). The van der Waals surface area contributed by atoms with E-state index in [2.05, 4.69) is 4.90 Å². The Morgan fingerprint density at radius 2 is 2.31 bits per heavy atom. The fourth-order valence-corrected chi connectivity index (χ4v) is 2.16. The molecule has 0 aliphatic carbocycles. The summed E-state index contributed by atoms with van der Waals surface area (Å²) in [7, 11) is 0. The minimum absolute atomic E-state index is 0.0149. The molecule has 1 aliphatic rings. The average Bonchev–Trinajstić information content (AvgIpc) is 2.66. The van der Waals surface area contributed by atoms with E-state index in [0.29, 0.717) is 0 Å². The number of amides is 1. The lowest BCUT2D eigenvalue weighted by molar-refractivity contribution is -0.121. The van der Waals surface area contributed by atoms with Crippen LogP contribution in [0.4, 0.5) is 5.69 Å². The fraction of sp³-hybridized carbons (Fsp3) is 0.417. The Labute approximate surface area is 95.2 Å². The molecule has 1 saturated heterocycles. The van der Waals surface area contributed by atoms with E-state index in [1.54, 1.807) is 0 Å². The first-order chi connectivity index (χ1) is 7.65. The first-order valence-corrected chi connectivity index (χ1v) is 5.51. The van der Waals surface area contributed by atoms with Gasteiger partial charge >= 0.3 is 0 Å². The zero-order valence-electron chi connectivity index (χ0n) is 9.23. The van der Waals surface area contributed by atoms with E-state index in [1.165, 1.54) is 5.56 Å². The molecule has 1 aromatic carbocycles. The number of hydrogen-bond donors (Lipinski definition) is 2. The Bertz CT molecular complexity index is 392. The molecule has 1 aromatic rings. The summed E-state index contributed by atoms with van der Waals surface area (Å²) in [6, 6.07) is 7.84. The molecule has 0 spiro atoms. The molecule has 1 aliphatic heterocycles. The molecule has 0 radical (unpaired) electrons. The van der Waals surface area contributed by atoms with Gasteiger partial charge in [0.1, 0.15) is 0 Å². The lowest BCUT2D eigenvalue weighted by atomic mass is 10.1. The standard InChI is InChI=1S/C12H17N3O/c13-11-3-1-2-9(6-11)7-15-5-4-10(8-15)12(14)16/h1-3,6,10H,4-5,7-8,13H2,(H2,14,16). The van der Waals surface area contributed by atoms with Gasteiger partial charge in [-0.05, 0) is 30.7 Å². The first-order valence-electron chi connectivity index (χ1n) is 5.51. The molecule has 0 aromatic heterocycles. The van der Waals surface area contributed by atoms with Crippen LogP contribution >= 0.6 is 0 Å². The maximum atomic E-state index is 11.0. The van der Waals surface area contributed by atoms with Crippen LogP contribution in [0.15, 0.2) is 24.3 Å². The highest BCUT2D eigenvalue weighted by atomic mass is 16.1. The lowest BCUT2D eigenvalue weighted by Crippen LogP contribution is -2.27. The SMILES string of the molecule is NC(=O)C1CCN(Cc2cccc(N)c2)C1. The molecular formula is C12H17N3O. The van der Waals surface area contributed by atoms with Gasteiger partial charge in [0.25, 0.3) is 0 Å². The monoisotopic (exact) mass is 219 g/mol. The van der Waals surface area contributed by atoms with Crippen molar-refractivity contribution in [1.82, 2.24) is 4.90 Å². The van der Waals surface area contributed by atoms with Gasteiger partial charge in [-0.1, -0.05) is 12.1 Å². The molecule has 86 valence electrons. The molecule has 0 bridgehead atoms. The minimum Gasteiger partial charge on any atom is -0.399 e. The lowest BCUT2D eigenvalue weighted by Gasteiger charge is -2.15. The van der Waals surface area contributed by atoms with Gasteiger partial charge < -0.3 is 11.5 Å². The third-order valence-electron chi connectivity index (χ3n) is 3.03. The Kier molecular flexibility index (Phi) is 3.10. The second-order valence-corrected chi connectivity index (χ2v) is 4.37. The summed E-state index contributed by atoms with van der Waals surface area (Å²) < 4.78 is 0. The molecule has 1 fully saturated rings. The number of primary amides is 1. The van der Waals surface area contributed by atoms with E-state index in [1.807, 2.05) is 24.3 Å². The highest BCUT2D eigenvalue weighted by Gasteiger charge is 2.26. The molecular weight excluding hydrogens is 202 g/mol. The molecule has 0 saturated carbocycles. The summed E-state index contributed by atoms with van der Waals surface area (Å²) in [5.74, 6) is -0.170. The number of nitrogen functional groups attached to an aromatic ring is 1. The number of nitrogens with two attached hydrogens (primary N) is 2. The van der Waals surface area contributed by atoms with Crippen LogP contribution in [-0.2, 0) is 11.3 Å². The van der Waals surface area contributed by atoms with E-state index < -0.39 is 0 Å². The number of anilines is 1. The smallest absolute Gasteiger partial charge is 0.221 e. The maximum Gasteiger partial charge on any atom is 0.221 e. The summed E-state index contributed by atoms with van der Waals surface area (Å²) in [6.45, 7) is 2.54. The normalized spacial score (nSPS) is 21.1. The summed E-state index contributed by atoms with van der Waals surface area (Å²) in [4.78, 5) is 13.3. The van der Waals surface area contributed by atoms with Crippen LogP contribution in [0.25, 0.3) is 0 Å². The molecule has 1 heterocycles. The van der Waals surface area contributed by atoms with Crippen molar-refractivity contribution in [3.63, 3.8) is 0 Å². The summed E-state index contributed by atoms with van der Waals surface area (Å²) in [5, 5.41) is 0. The molecule has 1 unspecified atom stereocenters. The minimum atomic E-state index is -0.185. The molecule has 16 heavy (non-hydrogen) atoms. The number of hydrogen-bond acceptors (Lipinski definition) is 3. The van der Waals surface area contributed by atoms with E-state index in [-0.39, 0.29) is 11.8 Å². The predicted octanol–water partition coefficient (Wildman–Crippen LogP) is 0.576. The van der Waals surface area contributed by atoms with Gasteiger partial charge in [0, 0.05) is 18.8 Å². The highest BCUT2D eigenvalue weighted by Crippen LogP contribution is 2.18. The summed E-state index contributed by atoms with van der Waals surface area (Å²) in [5.41, 5.74) is 13.0. The average molecular weight is 219 g/mol. The fourth-order valence-electron chi connectivity index (χ4n) is 2.16. The van der Waals surface area contributed by atoms with Crippen LogP contribution in [0.2, 0.25) is 0 Å². The zero-order chi connectivity index (χ0) is 11.5. The van der Waals surface area contributed by atoms with Gasteiger partial charge in [0.2, 0.25) is 5.91 Å². The van der Waals surface area contributed by atoms with Crippen molar-refractivity contribution in [2.75, 3.05) is 18.8 Å². The number of carbonyl (C=O) groups is 1. The van der Waals surface area contributed by atoms with Gasteiger partial charge in [-0.3, -0.25) is 9.69 Å². The largest absolute Gasteiger partial charge is 0.399 e. The van der Waals surface area contributed by atoms with Gasteiger partial charge in [0.05, 0.1) is 5.92 Å². The van der Waals surface area contributed by atoms with Gasteiger partial charge in [0.15, 0.2) is 0 Å². The van der Waals surface area contributed by atoms with Gasteiger partial charge in [-0.25, -0.2) is 0 Å². The molecule has 1 amide bonds. The van der Waals surface area contributed by atoms with Gasteiger partial charge in [-0.2, -0.15) is 0 Å². The zero-order valence-corrected chi connectivity index (χ0v) is 9.23. The van der Waals surface area contributed by atoms with E-state index >= 15 is 0 Å². The highest BCUT2D eigenvalue weighted by molar-refractivity contribution is 5.77. The number of carbonyl (C=O) groups excluding carboxylic acids is 1. The van der Waals surface area contributed by atoms with E-state index in [4.69, 9.17) is 11.5 Å². The van der Waals surface area contributed by atoms with E-state index in [9.17, 15) is 4.79 Å². The van der Waals surface area contributed by atoms with Crippen molar-refractivity contribution >= 4 is 11.6 Å². The molecule has 1 atom stereocenters. The van der Waals surface area contributed by atoms with E-state index in [0.717, 1.165) is 31.7 Å². The van der Waals surface area contributed by atoms with Crippen molar-refractivity contribution in [1.29, 1.82) is 0 Å². The Hall–Kier alpha value is -1.55. The van der Waals surface area contributed by atoms with Crippen molar-refractivity contribution in [2.45, 2.75) is 13.0 Å². The third-order valence-corrected chi connectivity index (χ3v) is 3.03. The van der Waals surface area contributed by atoms with Crippen molar-refractivity contribution in [2.24, 2.45) is 11.7 Å². The third kappa shape index (κ3) is 2.52. The molecule has 4 nitrogen and oxygen atoms in total. The second kappa shape index (κ2) is 4.53. The van der Waals surface area contributed by atoms with Crippen LogP contribution in [-0.4, -0.2) is 23.9 Å². The van der Waals surface area contributed by atoms with Crippen LogP contribution in [0.1, 0.15) is 12.0 Å². The number of nitrogens with zero attached hydrogens (tertiary/aromatic N) is 1. The summed E-state index contributed by atoms with van der Waals surface area (Å²) >= 11 is 0. The number of rotatable bonds is 3. The van der Waals surface area contributed by atoms with Crippen LogP contribution in [0, 0.1) is 5.92 Å². The topological polar surface area (TPSA) is 72.4 Å². The Morgan fingerprint density at radius 1 is 1.50 bits per heavy atom.